The normalized spacial score (nSPS) is 13.4. The molecule has 0 aliphatic carbocycles. The molecule has 0 unspecified atom stereocenters. The average molecular weight is 485 g/mol. The van der Waals surface area contributed by atoms with Crippen molar-refractivity contribution in [3.05, 3.63) is 88.7 Å². The second-order valence-corrected chi connectivity index (χ2v) is 7.12. The van der Waals surface area contributed by atoms with Crippen molar-refractivity contribution in [2.45, 2.75) is 26.2 Å². The first kappa shape index (κ1) is 25.0. The van der Waals surface area contributed by atoms with Crippen LogP contribution in [-0.4, -0.2) is 16.4 Å². The molecular weight excluding hydrogens is 470 g/mol. The molecule has 11 heteroatoms. The van der Waals surface area contributed by atoms with Gasteiger partial charge in [-0.05, 0) is 62.4 Å². The van der Waals surface area contributed by atoms with E-state index < -0.39 is 46.5 Å². The van der Waals surface area contributed by atoms with Crippen molar-refractivity contribution in [3.8, 4) is 0 Å². The zero-order valence-electron chi connectivity index (χ0n) is 17.6. The molecule has 0 N–H and O–H groups in total. The molecule has 3 rings (SSSR count). The summed E-state index contributed by atoms with van der Waals surface area (Å²) >= 11 is 0. The third kappa shape index (κ3) is 5.83. The van der Waals surface area contributed by atoms with Crippen molar-refractivity contribution in [2.75, 3.05) is 0 Å². The van der Waals surface area contributed by atoms with Gasteiger partial charge in [0.1, 0.15) is 11.6 Å². The topological polar surface area (TPSA) is 37.6 Å². The lowest BCUT2D eigenvalue weighted by Crippen LogP contribution is -2.08. The zero-order valence-corrected chi connectivity index (χ0v) is 17.6. The fourth-order valence-corrected chi connectivity index (χ4v) is 2.98. The number of benzene rings is 2. The first-order valence-corrected chi connectivity index (χ1v) is 9.57. The van der Waals surface area contributed by atoms with Gasteiger partial charge in [0, 0.05) is 0 Å². The van der Waals surface area contributed by atoms with Crippen LogP contribution in [0.1, 0.15) is 36.4 Å². The lowest BCUT2D eigenvalue weighted by Gasteiger charge is -2.12. The summed E-state index contributed by atoms with van der Waals surface area (Å²) in [4.78, 5) is 12.0. The Kier molecular flexibility index (Phi) is 6.85. The first-order chi connectivity index (χ1) is 15.8. The van der Waals surface area contributed by atoms with E-state index in [9.17, 15) is 35.1 Å². The van der Waals surface area contributed by atoms with Gasteiger partial charge < -0.3 is 0 Å². The Balaban J connectivity index is 2.01. The van der Waals surface area contributed by atoms with Gasteiger partial charge in [0.05, 0.1) is 45.3 Å². The van der Waals surface area contributed by atoms with Crippen LogP contribution < -0.4 is 0 Å². The van der Waals surface area contributed by atoms with Gasteiger partial charge in [0.15, 0.2) is 0 Å². The Morgan fingerprint density at radius 3 is 1.38 bits per heavy atom. The molecule has 3 aromatic rings. The molecule has 34 heavy (non-hydrogen) atoms. The number of rotatable bonds is 4. The number of halogens is 8. The van der Waals surface area contributed by atoms with E-state index in [1.165, 1.54) is 32.0 Å². The predicted octanol–water partition coefficient (Wildman–Crippen LogP) is 7.68. The zero-order chi connectivity index (χ0) is 25.3. The maximum Gasteiger partial charge on any atom is 0.418 e. The largest absolute Gasteiger partial charge is 0.418 e. The van der Waals surface area contributed by atoms with E-state index in [0.29, 0.717) is 12.1 Å². The van der Waals surface area contributed by atoms with Crippen molar-refractivity contribution >= 4 is 22.8 Å². The number of aliphatic imine (C=N–C) groups is 2. The Morgan fingerprint density at radius 1 is 0.647 bits per heavy atom. The van der Waals surface area contributed by atoms with Crippen LogP contribution >= 0.6 is 0 Å². The van der Waals surface area contributed by atoms with Crippen LogP contribution in [0, 0.1) is 11.6 Å². The number of alkyl halides is 6. The molecule has 178 valence electrons. The third-order valence-corrected chi connectivity index (χ3v) is 4.59. The second kappa shape index (κ2) is 9.32. The van der Waals surface area contributed by atoms with Crippen LogP contribution in [0.4, 0.5) is 46.5 Å². The quantitative estimate of drug-likeness (QED) is 0.276. The molecule has 0 aliphatic heterocycles. The Morgan fingerprint density at radius 2 is 1.03 bits per heavy atom. The van der Waals surface area contributed by atoms with E-state index in [2.05, 4.69) is 15.0 Å². The monoisotopic (exact) mass is 485 g/mol. The molecule has 0 atom stereocenters. The van der Waals surface area contributed by atoms with E-state index in [-0.39, 0.29) is 22.8 Å². The third-order valence-electron chi connectivity index (χ3n) is 4.59. The highest BCUT2D eigenvalue weighted by atomic mass is 19.4. The molecule has 0 aliphatic rings. The average Bonchev–Trinajstić information content (AvgIpc) is 2.74. The first-order valence-electron chi connectivity index (χ1n) is 9.57. The van der Waals surface area contributed by atoms with Gasteiger partial charge >= 0.3 is 12.4 Å². The second-order valence-electron chi connectivity index (χ2n) is 7.12. The van der Waals surface area contributed by atoms with E-state index in [1.54, 1.807) is 0 Å². The van der Waals surface area contributed by atoms with Crippen molar-refractivity contribution < 1.29 is 35.1 Å². The molecule has 0 bridgehead atoms. The SMILES string of the molecule is CC(=Nc1ccc(F)cc1C(F)(F)F)c1cccc(C(C)=Nc2ccc(F)cc2C(F)(F)F)n1. The number of pyridine rings is 1. The van der Waals surface area contributed by atoms with Crippen LogP contribution in [0.15, 0.2) is 64.6 Å². The highest BCUT2D eigenvalue weighted by Gasteiger charge is 2.35. The minimum absolute atomic E-state index is 0.0459. The summed E-state index contributed by atoms with van der Waals surface area (Å²) in [5, 5.41) is 0. The maximum atomic E-state index is 13.3. The van der Waals surface area contributed by atoms with Crippen molar-refractivity contribution in [1.29, 1.82) is 0 Å². The Bertz CT molecular complexity index is 1180. The summed E-state index contributed by atoms with van der Waals surface area (Å²) in [5.41, 5.74) is -3.24. The highest BCUT2D eigenvalue weighted by Crippen LogP contribution is 2.38. The van der Waals surface area contributed by atoms with Crippen LogP contribution in [0.3, 0.4) is 0 Å². The summed E-state index contributed by atoms with van der Waals surface area (Å²) in [6, 6.07) is 8.43. The Labute approximate surface area is 188 Å². The number of hydrogen-bond acceptors (Lipinski definition) is 3. The van der Waals surface area contributed by atoms with Crippen molar-refractivity contribution in [1.82, 2.24) is 4.98 Å². The number of aromatic nitrogens is 1. The summed E-state index contributed by atoms with van der Waals surface area (Å²) < 4.78 is 106. The van der Waals surface area contributed by atoms with E-state index in [0.717, 1.165) is 24.3 Å². The van der Waals surface area contributed by atoms with Gasteiger partial charge in [-0.15, -0.1) is 0 Å². The number of nitrogens with zero attached hydrogens (tertiary/aromatic N) is 3. The van der Waals surface area contributed by atoms with Crippen molar-refractivity contribution in [3.63, 3.8) is 0 Å². The van der Waals surface area contributed by atoms with E-state index in [4.69, 9.17) is 0 Å². The van der Waals surface area contributed by atoms with Gasteiger partial charge in [0.25, 0.3) is 0 Å². The summed E-state index contributed by atoms with van der Waals surface area (Å²) in [7, 11) is 0. The molecule has 0 amide bonds. The molecule has 1 heterocycles. The van der Waals surface area contributed by atoms with Gasteiger partial charge in [-0.25, -0.2) is 13.8 Å². The number of hydrogen-bond donors (Lipinski definition) is 0. The van der Waals surface area contributed by atoms with E-state index >= 15 is 0 Å². The van der Waals surface area contributed by atoms with Crippen molar-refractivity contribution in [2.24, 2.45) is 9.98 Å². The molecule has 0 saturated carbocycles. The molecule has 0 saturated heterocycles. The van der Waals surface area contributed by atoms with Crippen LogP contribution in [0.5, 0.6) is 0 Å². The summed E-state index contributed by atoms with van der Waals surface area (Å²) in [5.74, 6) is -2.15. The fourth-order valence-electron chi connectivity index (χ4n) is 2.98. The van der Waals surface area contributed by atoms with Gasteiger partial charge in [-0.3, -0.25) is 9.98 Å². The lowest BCUT2D eigenvalue weighted by molar-refractivity contribution is -0.138. The van der Waals surface area contributed by atoms with Crippen LogP contribution in [0.25, 0.3) is 0 Å². The summed E-state index contributed by atoms with van der Waals surface area (Å²) in [6.45, 7) is 2.76. The predicted molar refractivity (Wildman–Crippen MR) is 111 cm³/mol. The molecular formula is C23H15F8N3. The molecule has 0 spiro atoms. The Hall–Kier alpha value is -3.63. The lowest BCUT2D eigenvalue weighted by atomic mass is 10.1. The summed E-state index contributed by atoms with van der Waals surface area (Å²) in [6.07, 6.45) is -9.68. The fraction of sp³-hybridized carbons (Fsp3) is 0.174. The minimum atomic E-state index is -4.84. The van der Waals surface area contributed by atoms with Gasteiger partial charge in [-0.2, -0.15) is 26.3 Å². The standard InChI is InChI=1S/C23H15F8N3/c1-12(32-20-8-6-14(24)10-16(20)22(26,27)28)18-4-3-5-19(34-18)13(2)33-21-9-7-15(25)11-17(21)23(29,30)31/h3-11H,1-2H3. The molecule has 0 radical (unpaired) electrons. The van der Waals surface area contributed by atoms with Crippen LogP contribution in [-0.2, 0) is 12.4 Å². The maximum absolute atomic E-state index is 13.3. The molecule has 3 nitrogen and oxygen atoms in total. The smallest absolute Gasteiger partial charge is 0.251 e. The molecule has 2 aromatic carbocycles. The van der Waals surface area contributed by atoms with Crippen LogP contribution in [0.2, 0.25) is 0 Å². The molecule has 1 aromatic heterocycles. The molecule has 0 fully saturated rings. The van der Waals surface area contributed by atoms with Gasteiger partial charge in [-0.1, -0.05) is 6.07 Å². The van der Waals surface area contributed by atoms with Gasteiger partial charge in [0.2, 0.25) is 0 Å². The highest BCUT2D eigenvalue weighted by molar-refractivity contribution is 6.02. The minimum Gasteiger partial charge on any atom is -0.251 e. The van der Waals surface area contributed by atoms with E-state index in [1.807, 2.05) is 0 Å².